The summed E-state index contributed by atoms with van der Waals surface area (Å²) in [5, 5.41) is 0. The first-order valence-electron chi connectivity index (χ1n) is 26.8. The van der Waals surface area contributed by atoms with Crippen molar-refractivity contribution in [3.8, 4) is 0 Å². The van der Waals surface area contributed by atoms with Crippen molar-refractivity contribution < 1.29 is 0 Å². The Balaban J connectivity index is 1.07. The lowest BCUT2D eigenvalue weighted by atomic mass is 9.96. The highest BCUT2D eigenvalue weighted by atomic mass is 15.2. The van der Waals surface area contributed by atoms with Crippen LogP contribution < -0.4 is 25.1 Å². The molecule has 0 aromatic heterocycles. The Morgan fingerprint density at radius 2 is 0.411 bits per heavy atom. The van der Waals surface area contributed by atoms with E-state index in [0.29, 0.717) is 0 Å². The van der Waals surface area contributed by atoms with Crippen molar-refractivity contribution in [3.05, 3.63) is 246 Å². The van der Waals surface area contributed by atoms with Crippen LogP contribution in [0.1, 0.15) is 87.1 Å². The predicted molar refractivity (Wildman–Crippen MR) is 319 cm³/mol. The maximum absolute atomic E-state index is 2.39. The van der Waals surface area contributed by atoms with E-state index in [4.69, 9.17) is 0 Å². The lowest BCUT2D eigenvalue weighted by molar-refractivity contribution is 0.795. The van der Waals surface area contributed by atoms with Crippen LogP contribution in [-0.2, 0) is 19.3 Å². The average molecular weight is 955 g/mol. The van der Waals surface area contributed by atoms with E-state index in [1.165, 1.54) is 71.8 Å². The lowest BCUT2D eigenvalue weighted by Gasteiger charge is -2.30. The Morgan fingerprint density at radius 1 is 0.247 bits per heavy atom. The van der Waals surface area contributed by atoms with Gasteiger partial charge in [0.1, 0.15) is 7.85 Å². The van der Waals surface area contributed by atoms with Gasteiger partial charge in [0.15, 0.2) is 0 Å². The number of benzene rings is 9. The molecule has 0 aliphatic rings. The van der Waals surface area contributed by atoms with Crippen molar-refractivity contribution in [2.75, 3.05) is 19.6 Å². The molecule has 5 heteroatoms. The van der Waals surface area contributed by atoms with Crippen molar-refractivity contribution in [2.45, 2.75) is 92.4 Å². The summed E-state index contributed by atoms with van der Waals surface area (Å²) >= 11 is 0. The molecule has 0 bridgehead atoms. The normalized spacial score (nSPS) is 11.1. The Bertz CT molecular complexity index is 3090. The van der Waals surface area contributed by atoms with Crippen molar-refractivity contribution in [2.24, 2.45) is 0 Å². The molecule has 0 unspecified atom stereocenters. The third kappa shape index (κ3) is 12.3. The molecule has 0 amide bonds. The molecule has 0 spiro atoms. The summed E-state index contributed by atoms with van der Waals surface area (Å²) in [6.07, 6.45) is 10.4. The summed E-state index contributed by atoms with van der Waals surface area (Å²) in [5.41, 5.74) is 21.2. The molecular formula is C68H71BN4. The second-order valence-electron chi connectivity index (χ2n) is 19.7. The highest BCUT2D eigenvalue weighted by Crippen LogP contribution is 2.43. The summed E-state index contributed by atoms with van der Waals surface area (Å²) in [6.45, 7) is 11.1. The van der Waals surface area contributed by atoms with E-state index < -0.39 is 0 Å². The lowest BCUT2D eigenvalue weighted by Crippen LogP contribution is -2.14. The van der Waals surface area contributed by atoms with Gasteiger partial charge in [-0.05, 0) is 215 Å². The maximum Gasteiger partial charge on any atom is 0.139 e. The van der Waals surface area contributed by atoms with Crippen LogP contribution in [0.2, 0.25) is 0 Å². The van der Waals surface area contributed by atoms with Crippen molar-refractivity contribution in [3.63, 3.8) is 0 Å². The van der Waals surface area contributed by atoms with Gasteiger partial charge in [-0.25, -0.2) is 0 Å². The molecule has 0 radical (unpaired) electrons. The molecule has 0 aliphatic carbocycles. The van der Waals surface area contributed by atoms with Crippen LogP contribution in [0.4, 0.5) is 68.2 Å². The number of rotatable bonds is 21. The topological polar surface area (TPSA) is 13.0 Å². The van der Waals surface area contributed by atoms with Crippen molar-refractivity contribution in [1.82, 2.24) is 0 Å². The maximum atomic E-state index is 2.39. The minimum atomic E-state index is 1.08. The fourth-order valence-electron chi connectivity index (χ4n) is 9.70. The minimum absolute atomic E-state index is 1.08. The molecule has 0 saturated carbocycles. The van der Waals surface area contributed by atoms with Crippen LogP contribution in [0.5, 0.6) is 0 Å². The van der Waals surface area contributed by atoms with E-state index in [-0.39, 0.29) is 0 Å². The Kier molecular flexibility index (Phi) is 16.6. The molecule has 0 saturated heterocycles. The first-order chi connectivity index (χ1) is 35.8. The number of anilines is 12. The summed E-state index contributed by atoms with van der Waals surface area (Å²) in [6, 6.07) is 81.1. The molecule has 0 fully saturated rings. The number of hydrogen-bond acceptors (Lipinski definition) is 4. The van der Waals surface area contributed by atoms with Crippen LogP contribution in [0, 0.1) is 13.8 Å². The standard InChI is InChI=1S/C68H71BN4/c1-6-9-12-53-19-31-59(32-20-53)70(57-27-15-51(4)16-28-57)63-39-47-67(48-40-63)73(61-35-23-55(24-36-61)14-11-8-3)68-49-43-65(44-50-68)71(58-29-17-52(5)18-30-58)64-41-45-66(46-42-64)72(62-37-25-56(69)26-38-62)60-33-21-54(22-34-60)13-10-7-2/h15-50H,6-14,69H2,1-5H3. The van der Waals surface area contributed by atoms with Gasteiger partial charge < -0.3 is 19.6 Å². The Morgan fingerprint density at radius 3 is 0.603 bits per heavy atom. The molecular weight excluding hydrogens is 884 g/mol. The van der Waals surface area contributed by atoms with E-state index in [1.807, 2.05) is 0 Å². The smallest absolute Gasteiger partial charge is 0.139 e. The van der Waals surface area contributed by atoms with Gasteiger partial charge in [-0.15, -0.1) is 0 Å². The molecule has 9 aromatic rings. The predicted octanol–water partition coefficient (Wildman–Crippen LogP) is 18.5. The number of aryl methyl sites for hydroxylation is 5. The van der Waals surface area contributed by atoms with Gasteiger partial charge in [0, 0.05) is 68.2 Å². The zero-order valence-corrected chi connectivity index (χ0v) is 43.9. The first-order valence-corrected chi connectivity index (χ1v) is 26.8. The second kappa shape index (κ2) is 24.1. The molecule has 4 nitrogen and oxygen atoms in total. The average Bonchev–Trinajstić information content (AvgIpc) is 3.43. The molecule has 9 rings (SSSR count). The van der Waals surface area contributed by atoms with Gasteiger partial charge in [0.2, 0.25) is 0 Å². The largest absolute Gasteiger partial charge is 0.311 e. The molecule has 0 N–H and O–H groups in total. The molecule has 0 atom stereocenters. The van der Waals surface area contributed by atoms with E-state index in [0.717, 1.165) is 87.5 Å². The molecule has 366 valence electrons. The van der Waals surface area contributed by atoms with Gasteiger partial charge in [0.25, 0.3) is 0 Å². The van der Waals surface area contributed by atoms with Gasteiger partial charge in [-0.3, -0.25) is 0 Å². The first kappa shape index (κ1) is 50.2. The van der Waals surface area contributed by atoms with Crippen LogP contribution in [0.25, 0.3) is 0 Å². The van der Waals surface area contributed by atoms with Crippen molar-refractivity contribution in [1.29, 1.82) is 0 Å². The summed E-state index contributed by atoms with van der Waals surface area (Å²) < 4.78 is 0. The van der Waals surface area contributed by atoms with E-state index in [9.17, 15) is 0 Å². The number of hydrogen-bond donors (Lipinski definition) is 0. The zero-order valence-electron chi connectivity index (χ0n) is 43.9. The van der Waals surface area contributed by atoms with E-state index in [1.54, 1.807) is 0 Å². The van der Waals surface area contributed by atoms with E-state index in [2.05, 4.69) is 280 Å². The van der Waals surface area contributed by atoms with Gasteiger partial charge in [0.05, 0.1) is 0 Å². The second-order valence-corrected chi connectivity index (χ2v) is 19.7. The molecule has 9 aromatic carbocycles. The quantitative estimate of drug-likeness (QED) is 0.0665. The Hall–Kier alpha value is -7.76. The number of unbranched alkanes of at least 4 members (excludes halogenated alkanes) is 3. The highest BCUT2D eigenvalue weighted by molar-refractivity contribution is 6.32. The summed E-state index contributed by atoms with van der Waals surface area (Å²) in [7, 11) is 2.15. The van der Waals surface area contributed by atoms with Crippen LogP contribution in [0.15, 0.2) is 218 Å². The fourth-order valence-corrected chi connectivity index (χ4v) is 9.70. The third-order valence-corrected chi connectivity index (χ3v) is 14.0. The molecule has 73 heavy (non-hydrogen) atoms. The van der Waals surface area contributed by atoms with E-state index >= 15 is 0 Å². The van der Waals surface area contributed by atoms with Crippen LogP contribution in [-0.4, -0.2) is 7.85 Å². The highest BCUT2D eigenvalue weighted by Gasteiger charge is 2.20. The fraction of sp³-hybridized carbons (Fsp3) is 0.206. The number of nitrogens with zero attached hydrogens (tertiary/aromatic N) is 4. The third-order valence-electron chi connectivity index (χ3n) is 14.0. The summed E-state index contributed by atoms with van der Waals surface area (Å²) in [4.78, 5) is 9.48. The van der Waals surface area contributed by atoms with Crippen LogP contribution in [0.3, 0.4) is 0 Å². The summed E-state index contributed by atoms with van der Waals surface area (Å²) in [5.74, 6) is 0. The van der Waals surface area contributed by atoms with Gasteiger partial charge in [-0.2, -0.15) is 0 Å². The van der Waals surface area contributed by atoms with Crippen LogP contribution >= 0.6 is 0 Å². The molecule has 0 aliphatic heterocycles. The Labute approximate surface area is 437 Å². The van der Waals surface area contributed by atoms with Gasteiger partial charge >= 0.3 is 0 Å². The minimum Gasteiger partial charge on any atom is -0.311 e. The SMILES string of the molecule is Bc1ccc(N(c2ccc(CCCC)cc2)c2ccc(N(c3ccc(C)cc3)c3ccc(N(c4ccc(CCCC)cc4)c4ccc(N(c5ccc(C)cc5)c5ccc(CCCC)cc5)cc4)cc3)cc2)cc1. The monoisotopic (exact) mass is 955 g/mol. The van der Waals surface area contributed by atoms with Crippen molar-refractivity contribution >= 4 is 81.6 Å². The van der Waals surface area contributed by atoms with Gasteiger partial charge in [-0.1, -0.05) is 129 Å². The molecule has 0 heterocycles. The zero-order chi connectivity index (χ0) is 50.5.